The van der Waals surface area contributed by atoms with E-state index in [2.05, 4.69) is 15.4 Å². The number of pyridine rings is 1. The molecule has 0 fully saturated rings. The Bertz CT molecular complexity index is 2080. The van der Waals surface area contributed by atoms with E-state index in [1.165, 1.54) is 16.7 Å². The molecule has 5 rings (SSSR count). The summed E-state index contributed by atoms with van der Waals surface area (Å²) in [7, 11) is -4.11. The summed E-state index contributed by atoms with van der Waals surface area (Å²) in [5.41, 5.74) is 2.99. The van der Waals surface area contributed by atoms with Gasteiger partial charge >= 0.3 is 5.97 Å². The zero-order valence-corrected chi connectivity index (χ0v) is 30.5. The number of nitrogens with one attached hydrogen (secondary N) is 4. The average Bonchev–Trinajstić information content (AvgIpc) is 3.10. The maximum Gasteiger partial charge on any atom is 0.326 e. The molecule has 274 valence electrons. The smallest absolute Gasteiger partial charge is 0.326 e. The van der Waals surface area contributed by atoms with Crippen LogP contribution in [0, 0.1) is 19.3 Å². The Kier molecular flexibility index (Phi) is 11.5. The number of nitrogens with zero attached hydrogens (tertiary/aromatic N) is 1. The van der Waals surface area contributed by atoms with Crippen molar-refractivity contribution in [3.8, 4) is 5.75 Å². The fourth-order valence-electron chi connectivity index (χ4n) is 6.47. The number of sulfonamides is 1. The number of benzene rings is 3. The average molecular weight is 728 g/mol. The van der Waals surface area contributed by atoms with Crippen LogP contribution < -0.4 is 25.7 Å². The van der Waals surface area contributed by atoms with Gasteiger partial charge in [0.2, 0.25) is 5.96 Å². The highest BCUT2D eigenvalue weighted by Gasteiger charge is 2.32. The predicted molar refractivity (Wildman–Crippen MR) is 199 cm³/mol. The number of carboxylic acids is 1. The van der Waals surface area contributed by atoms with Gasteiger partial charge in [0.25, 0.3) is 21.5 Å². The predicted octanol–water partition coefficient (Wildman–Crippen LogP) is 4.87. The number of carboxylic acid groups (broad SMARTS) is 1. The highest BCUT2D eigenvalue weighted by Crippen LogP contribution is 2.40. The molecule has 0 unspecified atom stereocenters. The van der Waals surface area contributed by atoms with Crippen LogP contribution in [0.4, 0.5) is 0 Å². The van der Waals surface area contributed by atoms with Gasteiger partial charge < -0.3 is 25.0 Å². The normalized spacial score (nSPS) is 14.1. The first-order valence-corrected chi connectivity index (χ1v) is 18.7. The van der Waals surface area contributed by atoms with Crippen molar-refractivity contribution in [3.05, 3.63) is 129 Å². The fraction of sp³-hybridized carbons (Fsp3) is 0.333. The van der Waals surface area contributed by atoms with E-state index in [0.717, 1.165) is 23.1 Å². The molecule has 4 aromatic rings. The lowest BCUT2D eigenvalue weighted by Gasteiger charge is -2.35. The van der Waals surface area contributed by atoms with Crippen LogP contribution >= 0.6 is 0 Å². The van der Waals surface area contributed by atoms with Gasteiger partial charge in [0, 0.05) is 25.2 Å². The van der Waals surface area contributed by atoms with Crippen LogP contribution in [-0.2, 0) is 27.8 Å². The van der Waals surface area contributed by atoms with Crippen molar-refractivity contribution in [1.82, 2.24) is 19.9 Å². The Morgan fingerprint density at radius 2 is 1.63 bits per heavy atom. The molecule has 12 nitrogen and oxygen atoms in total. The van der Waals surface area contributed by atoms with Crippen LogP contribution in [0.25, 0.3) is 0 Å². The molecule has 0 saturated carbocycles. The van der Waals surface area contributed by atoms with Crippen molar-refractivity contribution in [3.63, 3.8) is 0 Å². The van der Waals surface area contributed by atoms with Crippen molar-refractivity contribution in [1.29, 1.82) is 5.41 Å². The first kappa shape index (κ1) is 37.8. The number of carbonyl (C=O) groups excluding carboxylic acids is 1. The molecule has 52 heavy (non-hydrogen) atoms. The monoisotopic (exact) mass is 727 g/mol. The second-order valence-electron chi connectivity index (χ2n) is 13.7. The Balaban J connectivity index is 1.18. The van der Waals surface area contributed by atoms with Gasteiger partial charge in [-0.15, -0.1) is 0 Å². The van der Waals surface area contributed by atoms with Gasteiger partial charge in [0.15, 0.2) is 0 Å². The van der Waals surface area contributed by atoms with Crippen LogP contribution in [-0.4, -0.2) is 54.1 Å². The van der Waals surface area contributed by atoms with E-state index in [9.17, 15) is 27.9 Å². The molecule has 0 radical (unpaired) electrons. The minimum Gasteiger partial charge on any atom is -0.487 e. The number of aryl methyl sites for hydroxylation is 1. The van der Waals surface area contributed by atoms with Crippen molar-refractivity contribution in [2.45, 2.75) is 82.4 Å². The van der Waals surface area contributed by atoms with Crippen molar-refractivity contribution >= 4 is 27.9 Å². The number of aromatic nitrogens is 1. The molecule has 1 aliphatic rings. The van der Waals surface area contributed by atoms with Gasteiger partial charge in [0.1, 0.15) is 23.0 Å². The molecule has 0 bridgehead atoms. The second-order valence-corrected chi connectivity index (χ2v) is 15.3. The summed E-state index contributed by atoms with van der Waals surface area (Å²) >= 11 is 0. The van der Waals surface area contributed by atoms with Crippen LogP contribution in [0.5, 0.6) is 5.75 Å². The number of amides is 1. The van der Waals surface area contributed by atoms with Gasteiger partial charge in [0.05, 0.1) is 4.90 Å². The second kappa shape index (κ2) is 15.9. The minimum absolute atomic E-state index is 0.0430. The topological polar surface area (TPSA) is 180 Å². The first-order valence-electron chi connectivity index (χ1n) is 17.2. The number of ether oxygens (including phenoxy) is 1. The van der Waals surface area contributed by atoms with Gasteiger partial charge in [-0.25, -0.2) is 17.9 Å². The summed E-state index contributed by atoms with van der Waals surface area (Å²) in [6.45, 7) is 7.81. The van der Waals surface area contributed by atoms with E-state index in [-0.39, 0.29) is 47.9 Å². The van der Waals surface area contributed by atoms with E-state index in [4.69, 9.17) is 10.1 Å². The largest absolute Gasteiger partial charge is 0.487 e. The number of fused-ring (bicyclic) bond motifs is 1. The molecule has 1 amide bonds. The minimum atomic E-state index is -4.11. The summed E-state index contributed by atoms with van der Waals surface area (Å²) in [5, 5.41) is 23.2. The molecule has 1 aromatic heterocycles. The maximum absolute atomic E-state index is 13.5. The highest BCUT2D eigenvalue weighted by atomic mass is 32.2. The number of aliphatic carboxylic acids is 1. The van der Waals surface area contributed by atoms with Gasteiger partial charge in [-0.05, 0) is 99.4 Å². The molecule has 1 atom stereocenters. The van der Waals surface area contributed by atoms with E-state index in [1.807, 2.05) is 74.5 Å². The van der Waals surface area contributed by atoms with Crippen molar-refractivity contribution in [2.75, 3.05) is 6.54 Å². The quantitative estimate of drug-likeness (QED) is 0.0736. The van der Waals surface area contributed by atoms with E-state index in [0.29, 0.717) is 23.3 Å². The summed E-state index contributed by atoms with van der Waals surface area (Å²) in [5.74, 6) is -2.06. The number of hydrogen-bond acceptors (Lipinski definition) is 7. The summed E-state index contributed by atoms with van der Waals surface area (Å²) in [6, 6.07) is 22.6. The molecule has 0 aliphatic carbocycles. The Hall–Kier alpha value is -5.43. The maximum atomic E-state index is 13.5. The van der Waals surface area contributed by atoms with Crippen LogP contribution in [0.15, 0.2) is 94.7 Å². The number of carbonyl (C=O) groups is 2. The van der Waals surface area contributed by atoms with E-state index in [1.54, 1.807) is 26.1 Å². The summed E-state index contributed by atoms with van der Waals surface area (Å²) in [4.78, 5) is 38.9. The Morgan fingerprint density at radius 3 is 2.25 bits per heavy atom. The molecule has 0 spiro atoms. The third-order valence-corrected chi connectivity index (χ3v) is 10.8. The lowest BCUT2D eigenvalue weighted by atomic mass is 9.90. The number of hydrogen-bond donors (Lipinski definition) is 5. The lowest BCUT2D eigenvalue weighted by Crippen LogP contribution is -2.44. The molecular weight excluding hydrogens is 683 g/mol. The van der Waals surface area contributed by atoms with E-state index >= 15 is 0 Å². The Morgan fingerprint density at radius 1 is 1.00 bits per heavy atom. The lowest BCUT2D eigenvalue weighted by molar-refractivity contribution is -0.139. The first-order chi connectivity index (χ1) is 24.7. The van der Waals surface area contributed by atoms with Crippen molar-refractivity contribution in [2.24, 2.45) is 0 Å². The molecular formula is C39H45N5O7S. The van der Waals surface area contributed by atoms with Crippen LogP contribution in [0.3, 0.4) is 0 Å². The highest BCUT2D eigenvalue weighted by molar-refractivity contribution is 7.90. The van der Waals surface area contributed by atoms with E-state index < -0.39 is 39.5 Å². The SMILES string of the molecule is Cc1cc(S(=O)(=O)NC(=N)NCCC[C@H](NC(=O)c2cccn(CC(c3ccccc3)c3ccccc3)c2=O)C(=O)O)c(C)c2c1OC(C)(C)CC2. The molecule has 2 heterocycles. The molecule has 5 N–H and O–H groups in total. The van der Waals surface area contributed by atoms with Crippen molar-refractivity contribution < 1.29 is 27.9 Å². The summed E-state index contributed by atoms with van der Waals surface area (Å²) in [6.07, 6.45) is 3.13. The van der Waals surface area contributed by atoms with Gasteiger partial charge in [-0.2, -0.15) is 0 Å². The van der Waals surface area contributed by atoms with Crippen LogP contribution in [0.1, 0.15) is 77.2 Å². The van der Waals surface area contributed by atoms with Gasteiger partial charge in [-0.3, -0.25) is 15.0 Å². The Labute approximate surface area is 303 Å². The molecule has 0 saturated heterocycles. The standard InChI is InChI=1S/C39H45N5O7S/c1-25-23-33(26(2)29-19-20-39(3,4)51-34(25)29)52(49,50)43-38(40)41-21-11-18-32(37(47)48)42-35(45)30-17-12-22-44(36(30)46)24-31(27-13-7-5-8-14-27)28-15-9-6-10-16-28/h5-10,12-17,22-23,31-32H,11,18-21,24H2,1-4H3,(H,42,45)(H,47,48)(H3,40,41,43)/t32-/m0/s1. The van der Waals surface area contributed by atoms with Crippen LogP contribution in [0.2, 0.25) is 0 Å². The molecule has 1 aliphatic heterocycles. The fourth-order valence-corrected chi connectivity index (χ4v) is 7.77. The zero-order chi connectivity index (χ0) is 37.6. The third-order valence-electron chi connectivity index (χ3n) is 9.31. The number of guanidine groups is 1. The molecule has 13 heteroatoms. The number of rotatable bonds is 13. The summed E-state index contributed by atoms with van der Waals surface area (Å²) < 4.78 is 36.4. The third kappa shape index (κ3) is 8.89. The molecule has 3 aromatic carbocycles. The van der Waals surface area contributed by atoms with Gasteiger partial charge in [-0.1, -0.05) is 60.7 Å². The zero-order valence-electron chi connectivity index (χ0n) is 29.7.